The second-order valence-corrected chi connectivity index (χ2v) is 6.27. The van der Waals surface area contributed by atoms with Crippen molar-refractivity contribution in [2.24, 2.45) is 5.73 Å². The Hall–Kier alpha value is -0.710. The molecule has 2 rings (SSSR count). The van der Waals surface area contributed by atoms with Crippen LogP contribution in [0.3, 0.4) is 0 Å². The Labute approximate surface area is 108 Å². The highest BCUT2D eigenvalue weighted by molar-refractivity contribution is 9.11. The Morgan fingerprint density at radius 2 is 2.19 bits per heavy atom. The molecule has 16 heavy (non-hydrogen) atoms. The maximum absolute atomic E-state index is 6.13. The smallest absolute Gasteiger partial charge is 0.0701 e. The lowest BCUT2D eigenvalue weighted by Crippen LogP contribution is -2.12. The number of hydrogen-bond donors (Lipinski definition) is 1. The summed E-state index contributed by atoms with van der Waals surface area (Å²) in [5.74, 6) is 0. The van der Waals surface area contributed by atoms with Crippen molar-refractivity contribution in [2.75, 3.05) is 0 Å². The Morgan fingerprint density at radius 3 is 2.75 bits per heavy atom. The summed E-state index contributed by atoms with van der Waals surface area (Å²) >= 11 is 5.12. The minimum Gasteiger partial charge on any atom is -0.323 e. The monoisotopic (exact) mass is 296 g/mol. The number of nitrogens with zero attached hydrogens (tertiary/aromatic N) is 1. The normalized spacial score (nSPS) is 12.7. The number of aryl methyl sites for hydroxylation is 1. The molecule has 0 fully saturated rings. The van der Waals surface area contributed by atoms with Gasteiger partial charge in [0, 0.05) is 29.2 Å². The van der Waals surface area contributed by atoms with Crippen LogP contribution in [-0.2, 0) is 6.42 Å². The van der Waals surface area contributed by atoms with Crippen LogP contribution in [-0.4, -0.2) is 4.98 Å². The summed E-state index contributed by atoms with van der Waals surface area (Å²) in [7, 11) is 0. The lowest BCUT2D eigenvalue weighted by molar-refractivity contribution is 0.719. The lowest BCUT2D eigenvalue weighted by Gasteiger charge is -2.08. The van der Waals surface area contributed by atoms with Gasteiger partial charge in [0.25, 0.3) is 0 Å². The van der Waals surface area contributed by atoms with E-state index in [2.05, 4.69) is 33.0 Å². The van der Waals surface area contributed by atoms with Gasteiger partial charge in [-0.05, 0) is 46.6 Å². The van der Waals surface area contributed by atoms with Crippen LogP contribution >= 0.6 is 27.3 Å². The zero-order valence-electron chi connectivity index (χ0n) is 8.98. The number of hydrogen-bond acceptors (Lipinski definition) is 3. The second-order valence-electron chi connectivity index (χ2n) is 3.78. The first-order valence-corrected chi connectivity index (χ1v) is 6.68. The highest BCUT2D eigenvalue weighted by Gasteiger charge is 2.10. The zero-order valence-corrected chi connectivity index (χ0v) is 11.4. The van der Waals surface area contributed by atoms with Crippen LogP contribution in [0.15, 0.2) is 34.2 Å². The lowest BCUT2D eigenvalue weighted by atomic mass is 10.1. The van der Waals surface area contributed by atoms with Gasteiger partial charge >= 0.3 is 0 Å². The average molecular weight is 297 g/mol. The fourth-order valence-corrected chi connectivity index (χ4v) is 2.90. The molecule has 84 valence electrons. The molecule has 0 radical (unpaired) electrons. The predicted octanol–water partition coefficient (Wildman–Crippen LogP) is 3.46. The minimum atomic E-state index is 0.0338. The van der Waals surface area contributed by atoms with E-state index in [-0.39, 0.29) is 6.04 Å². The largest absolute Gasteiger partial charge is 0.323 e. The van der Waals surface area contributed by atoms with Gasteiger partial charge in [0.2, 0.25) is 0 Å². The Bertz CT molecular complexity index is 464. The van der Waals surface area contributed by atoms with E-state index in [1.165, 1.54) is 10.4 Å². The van der Waals surface area contributed by atoms with Crippen molar-refractivity contribution < 1.29 is 0 Å². The van der Waals surface area contributed by atoms with Gasteiger partial charge in [-0.25, -0.2) is 0 Å². The molecule has 2 heterocycles. The Kier molecular flexibility index (Phi) is 3.74. The van der Waals surface area contributed by atoms with Crippen molar-refractivity contribution in [2.45, 2.75) is 19.4 Å². The van der Waals surface area contributed by atoms with Crippen LogP contribution < -0.4 is 5.73 Å². The minimum absolute atomic E-state index is 0.0338. The summed E-state index contributed by atoms with van der Waals surface area (Å²) in [6.45, 7) is 2.03. The van der Waals surface area contributed by atoms with E-state index < -0.39 is 0 Å². The number of halogens is 1. The van der Waals surface area contributed by atoms with Crippen molar-refractivity contribution in [3.05, 3.63) is 50.4 Å². The van der Waals surface area contributed by atoms with E-state index in [9.17, 15) is 0 Å². The fraction of sp³-hybridized carbons (Fsp3) is 0.250. The first-order valence-electron chi connectivity index (χ1n) is 5.07. The first kappa shape index (κ1) is 11.8. The van der Waals surface area contributed by atoms with E-state index in [0.29, 0.717) is 0 Å². The molecule has 0 aromatic carbocycles. The molecule has 0 aliphatic carbocycles. The summed E-state index contributed by atoms with van der Waals surface area (Å²) < 4.78 is 1.12. The molecule has 2 N–H and O–H groups in total. The number of thiophene rings is 1. The third-order valence-corrected chi connectivity index (χ3v) is 4.12. The molecule has 0 saturated heterocycles. The molecule has 0 bridgehead atoms. The number of rotatable bonds is 3. The Balaban J connectivity index is 2.07. The maximum Gasteiger partial charge on any atom is 0.0701 e. The molecule has 4 heteroatoms. The van der Waals surface area contributed by atoms with Crippen LogP contribution in [0.5, 0.6) is 0 Å². The third kappa shape index (κ3) is 2.90. The van der Waals surface area contributed by atoms with Crippen molar-refractivity contribution >= 4 is 27.3 Å². The molecular formula is C12H13BrN2S. The van der Waals surface area contributed by atoms with Crippen LogP contribution in [0.1, 0.15) is 22.2 Å². The quantitative estimate of drug-likeness (QED) is 0.942. The third-order valence-electron chi connectivity index (χ3n) is 2.36. The van der Waals surface area contributed by atoms with Gasteiger partial charge in [0.05, 0.1) is 3.79 Å². The molecule has 2 aromatic rings. The fourth-order valence-electron chi connectivity index (χ4n) is 1.47. The van der Waals surface area contributed by atoms with E-state index in [1.807, 2.05) is 25.3 Å². The standard InChI is InChI=1S/C12H13BrN2S/c1-8-2-3-9(15-7-8)6-10(14)11-4-5-12(13)16-11/h2-5,7,10H,6,14H2,1H3. The van der Waals surface area contributed by atoms with Crippen LogP contribution in [0.25, 0.3) is 0 Å². The number of aromatic nitrogens is 1. The van der Waals surface area contributed by atoms with E-state index in [4.69, 9.17) is 5.73 Å². The van der Waals surface area contributed by atoms with E-state index >= 15 is 0 Å². The second kappa shape index (κ2) is 5.08. The summed E-state index contributed by atoms with van der Waals surface area (Å²) in [5.41, 5.74) is 8.35. The summed E-state index contributed by atoms with van der Waals surface area (Å²) in [5, 5.41) is 0. The van der Waals surface area contributed by atoms with Crippen molar-refractivity contribution in [1.29, 1.82) is 0 Å². The van der Waals surface area contributed by atoms with E-state index in [0.717, 1.165) is 15.9 Å². The molecule has 2 aromatic heterocycles. The molecule has 0 aliphatic heterocycles. The van der Waals surface area contributed by atoms with Crippen LogP contribution in [0.2, 0.25) is 0 Å². The molecule has 2 nitrogen and oxygen atoms in total. The highest BCUT2D eigenvalue weighted by atomic mass is 79.9. The molecule has 1 atom stereocenters. The van der Waals surface area contributed by atoms with Gasteiger partial charge in [0.1, 0.15) is 0 Å². The maximum atomic E-state index is 6.13. The molecule has 0 aliphatic rings. The van der Waals surface area contributed by atoms with Crippen molar-refractivity contribution in [3.63, 3.8) is 0 Å². The van der Waals surface area contributed by atoms with Crippen molar-refractivity contribution in [3.8, 4) is 0 Å². The summed E-state index contributed by atoms with van der Waals surface area (Å²) in [6.07, 6.45) is 2.67. The van der Waals surface area contributed by atoms with Gasteiger partial charge in [-0.2, -0.15) is 0 Å². The topological polar surface area (TPSA) is 38.9 Å². The highest BCUT2D eigenvalue weighted by Crippen LogP contribution is 2.27. The zero-order chi connectivity index (χ0) is 11.5. The summed E-state index contributed by atoms with van der Waals surface area (Å²) in [6, 6.07) is 8.24. The van der Waals surface area contributed by atoms with Gasteiger partial charge in [-0.3, -0.25) is 4.98 Å². The van der Waals surface area contributed by atoms with E-state index in [1.54, 1.807) is 11.3 Å². The number of pyridine rings is 1. The van der Waals surface area contributed by atoms with Crippen LogP contribution in [0, 0.1) is 6.92 Å². The Morgan fingerprint density at radius 1 is 1.38 bits per heavy atom. The van der Waals surface area contributed by atoms with Crippen LogP contribution in [0.4, 0.5) is 0 Å². The first-order chi connectivity index (χ1) is 7.65. The van der Waals surface area contributed by atoms with Crippen molar-refractivity contribution in [1.82, 2.24) is 4.98 Å². The molecule has 1 unspecified atom stereocenters. The molecule has 0 saturated carbocycles. The average Bonchev–Trinajstić information content (AvgIpc) is 2.68. The molecule has 0 amide bonds. The summed E-state index contributed by atoms with van der Waals surface area (Å²) in [4.78, 5) is 5.55. The van der Waals surface area contributed by atoms with Gasteiger partial charge in [-0.15, -0.1) is 11.3 Å². The van der Waals surface area contributed by atoms with Gasteiger partial charge < -0.3 is 5.73 Å². The van der Waals surface area contributed by atoms with Gasteiger partial charge in [-0.1, -0.05) is 6.07 Å². The molecular weight excluding hydrogens is 284 g/mol. The SMILES string of the molecule is Cc1ccc(CC(N)c2ccc(Br)s2)nc1. The van der Waals surface area contributed by atoms with Gasteiger partial charge in [0.15, 0.2) is 0 Å². The predicted molar refractivity (Wildman–Crippen MR) is 71.6 cm³/mol. The number of nitrogens with two attached hydrogens (primary N) is 1. The molecule has 0 spiro atoms.